The van der Waals surface area contributed by atoms with Crippen LogP contribution in [0.2, 0.25) is 0 Å². The average molecular weight is 273 g/mol. The molecule has 0 spiro atoms. The van der Waals surface area contributed by atoms with Crippen LogP contribution in [0.3, 0.4) is 0 Å². The minimum atomic E-state index is -2.59. The highest BCUT2D eigenvalue weighted by molar-refractivity contribution is 14.1. The molecule has 1 aromatic heterocycles. The summed E-state index contributed by atoms with van der Waals surface area (Å²) < 4.78 is 36.2. The summed E-state index contributed by atoms with van der Waals surface area (Å²) >= 11 is 1.57. The van der Waals surface area contributed by atoms with Crippen molar-refractivity contribution in [3.8, 4) is 0 Å². The fraction of sp³-hybridized carbons (Fsp3) is 0.167. The van der Waals surface area contributed by atoms with Gasteiger partial charge in [-0.3, -0.25) is 0 Å². The molecule has 0 aliphatic heterocycles. The molecule has 0 atom stereocenters. The van der Waals surface area contributed by atoms with E-state index in [1.54, 1.807) is 22.6 Å². The van der Waals surface area contributed by atoms with E-state index in [1.165, 1.54) is 0 Å². The summed E-state index contributed by atoms with van der Waals surface area (Å²) in [7, 11) is 0. The molecule has 1 nitrogen and oxygen atoms in total. The van der Waals surface area contributed by atoms with Crippen LogP contribution in [0.15, 0.2) is 12.1 Å². The van der Waals surface area contributed by atoms with E-state index in [0.717, 1.165) is 12.1 Å². The summed E-state index contributed by atoms with van der Waals surface area (Å²) in [6, 6.07) is 1.96. The summed E-state index contributed by atoms with van der Waals surface area (Å²) in [4.78, 5) is 3.23. The molecule has 0 amide bonds. The van der Waals surface area contributed by atoms with Crippen LogP contribution >= 0.6 is 22.6 Å². The second-order valence-electron chi connectivity index (χ2n) is 1.81. The quantitative estimate of drug-likeness (QED) is 0.566. The number of aromatic nitrogens is 1. The van der Waals surface area contributed by atoms with Gasteiger partial charge in [-0.1, -0.05) is 0 Å². The fourth-order valence-corrected chi connectivity index (χ4v) is 1.23. The number of pyridine rings is 1. The summed E-state index contributed by atoms with van der Waals surface area (Å²) in [5.41, 5.74) is -0.230. The first-order valence-electron chi connectivity index (χ1n) is 2.71. The molecule has 1 aromatic rings. The molecule has 0 fully saturated rings. The highest BCUT2D eigenvalue weighted by Crippen LogP contribution is 2.22. The number of alkyl halides is 2. The third-order valence-corrected chi connectivity index (χ3v) is 1.94. The lowest BCUT2D eigenvalue weighted by molar-refractivity contribution is 0.149. The van der Waals surface area contributed by atoms with E-state index < -0.39 is 12.4 Å². The van der Waals surface area contributed by atoms with Gasteiger partial charge in [-0.25, -0.2) is 13.8 Å². The molecule has 5 heteroatoms. The van der Waals surface area contributed by atoms with Gasteiger partial charge in [-0.15, -0.1) is 0 Å². The number of hydrogen-bond donors (Lipinski definition) is 0. The topological polar surface area (TPSA) is 12.9 Å². The van der Waals surface area contributed by atoms with Crippen LogP contribution in [0.4, 0.5) is 13.2 Å². The van der Waals surface area contributed by atoms with Crippen LogP contribution in [-0.2, 0) is 0 Å². The summed E-state index contributed by atoms with van der Waals surface area (Å²) in [5.74, 6) is -0.737. The molecule has 0 bridgehead atoms. The molecular formula is C6H3F3IN. The predicted molar refractivity (Wildman–Crippen MR) is 41.9 cm³/mol. The Morgan fingerprint density at radius 3 is 2.45 bits per heavy atom. The lowest BCUT2D eigenvalue weighted by Gasteiger charge is -2.00. The zero-order valence-electron chi connectivity index (χ0n) is 5.19. The van der Waals surface area contributed by atoms with Crippen molar-refractivity contribution >= 4 is 22.6 Å². The first kappa shape index (κ1) is 8.76. The summed E-state index contributed by atoms with van der Waals surface area (Å²) in [6.45, 7) is 0. The van der Waals surface area contributed by atoms with Gasteiger partial charge in [0.2, 0.25) is 5.95 Å². The van der Waals surface area contributed by atoms with Gasteiger partial charge in [-0.2, -0.15) is 4.39 Å². The normalized spacial score (nSPS) is 10.6. The van der Waals surface area contributed by atoms with Gasteiger partial charge in [0.15, 0.2) is 0 Å². The SMILES string of the molecule is Fc1ccc(C(F)F)c(I)n1. The standard InChI is InChI=1S/C6H3F3IN/c7-4-2-1-3(5(8)9)6(10)11-4/h1-2,5H. The van der Waals surface area contributed by atoms with E-state index in [9.17, 15) is 13.2 Å². The van der Waals surface area contributed by atoms with Gasteiger partial charge in [0.25, 0.3) is 6.43 Å². The predicted octanol–water partition coefficient (Wildman–Crippen LogP) is 2.76. The lowest BCUT2D eigenvalue weighted by atomic mass is 10.3. The summed E-state index contributed by atoms with van der Waals surface area (Å²) in [6.07, 6.45) is -2.59. The van der Waals surface area contributed by atoms with Gasteiger partial charge in [0, 0.05) is 5.56 Å². The summed E-state index contributed by atoms with van der Waals surface area (Å²) in [5, 5.41) is 0. The maximum atomic E-state index is 12.3. The number of hydrogen-bond acceptors (Lipinski definition) is 1. The Kier molecular flexibility index (Phi) is 2.69. The van der Waals surface area contributed by atoms with Crippen molar-refractivity contribution in [2.45, 2.75) is 6.43 Å². The van der Waals surface area contributed by atoms with Crippen molar-refractivity contribution < 1.29 is 13.2 Å². The maximum absolute atomic E-state index is 12.3. The fourth-order valence-electron chi connectivity index (χ4n) is 0.586. The van der Waals surface area contributed by atoms with Crippen LogP contribution in [0.5, 0.6) is 0 Å². The van der Waals surface area contributed by atoms with Gasteiger partial charge in [-0.05, 0) is 34.7 Å². The van der Waals surface area contributed by atoms with Gasteiger partial charge in [0.1, 0.15) is 3.70 Å². The lowest BCUT2D eigenvalue weighted by Crippen LogP contribution is -1.94. The van der Waals surface area contributed by atoms with Crippen LogP contribution in [0, 0.1) is 9.65 Å². The molecule has 1 heterocycles. The van der Waals surface area contributed by atoms with Gasteiger partial charge in [0.05, 0.1) is 0 Å². The molecule has 0 saturated carbocycles. The number of nitrogens with zero attached hydrogens (tertiary/aromatic N) is 1. The Balaban J connectivity index is 3.09. The smallest absolute Gasteiger partial charge is 0.213 e. The zero-order chi connectivity index (χ0) is 8.43. The molecule has 1 rings (SSSR count). The van der Waals surface area contributed by atoms with Crippen LogP contribution in [-0.4, -0.2) is 4.98 Å². The van der Waals surface area contributed by atoms with Crippen molar-refractivity contribution in [3.05, 3.63) is 27.3 Å². The Morgan fingerprint density at radius 2 is 2.00 bits per heavy atom. The van der Waals surface area contributed by atoms with Crippen molar-refractivity contribution in [2.24, 2.45) is 0 Å². The minimum absolute atomic E-state index is 0.0117. The zero-order valence-corrected chi connectivity index (χ0v) is 7.35. The van der Waals surface area contributed by atoms with Crippen LogP contribution in [0.1, 0.15) is 12.0 Å². The average Bonchev–Trinajstić information content (AvgIpc) is 1.85. The molecule has 0 aliphatic carbocycles. The molecule has 0 aromatic carbocycles. The largest absolute Gasteiger partial charge is 0.266 e. The van der Waals surface area contributed by atoms with Crippen molar-refractivity contribution in [1.29, 1.82) is 0 Å². The highest BCUT2D eigenvalue weighted by atomic mass is 127. The van der Waals surface area contributed by atoms with Crippen molar-refractivity contribution in [2.75, 3.05) is 0 Å². The van der Waals surface area contributed by atoms with Crippen LogP contribution in [0.25, 0.3) is 0 Å². The Hall–Kier alpha value is -0.330. The van der Waals surface area contributed by atoms with E-state index in [-0.39, 0.29) is 9.26 Å². The molecule has 0 N–H and O–H groups in total. The highest BCUT2D eigenvalue weighted by Gasteiger charge is 2.12. The van der Waals surface area contributed by atoms with Crippen molar-refractivity contribution in [3.63, 3.8) is 0 Å². The molecule has 0 radical (unpaired) electrons. The third kappa shape index (κ3) is 2.05. The van der Waals surface area contributed by atoms with Gasteiger partial charge >= 0.3 is 0 Å². The molecule has 0 unspecified atom stereocenters. The second-order valence-corrected chi connectivity index (χ2v) is 2.84. The molecule has 0 aliphatic rings. The van der Waals surface area contributed by atoms with E-state index in [2.05, 4.69) is 4.98 Å². The Labute approximate surface area is 74.8 Å². The minimum Gasteiger partial charge on any atom is -0.213 e. The van der Waals surface area contributed by atoms with E-state index in [1.807, 2.05) is 0 Å². The van der Waals surface area contributed by atoms with Gasteiger partial charge < -0.3 is 0 Å². The second kappa shape index (κ2) is 3.38. The first-order valence-corrected chi connectivity index (χ1v) is 3.79. The number of rotatable bonds is 1. The molecule has 0 saturated heterocycles. The van der Waals surface area contributed by atoms with E-state index in [4.69, 9.17) is 0 Å². The number of halogens is 4. The molecular weight excluding hydrogens is 270 g/mol. The van der Waals surface area contributed by atoms with Crippen LogP contribution < -0.4 is 0 Å². The Morgan fingerprint density at radius 1 is 1.36 bits per heavy atom. The maximum Gasteiger partial charge on any atom is 0.266 e. The monoisotopic (exact) mass is 273 g/mol. The Bertz CT molecular complexity index is 264. The van der Waals surface area contributed by atoms with Crippen molar-refractivity contribution in [1.82, 2.24) is 4.98 Å². The van der Waals surface area contributed by atoms with E-state index in [0.29, 0.717) is 0 Å². The molecule has 60 valence electrons. The van der Waals surface area contributed by atoms with E-state index >= 15 is 0 Å². The third-order valence-electron chi connectivity index (χ3n) is 1.08. The molecule has 11 heavy (non-hydrogen) atoms. The first-order chi connectivity index (χ1) is 5.11.